The van der Waals surface area contributed by atoms with Gasteiger partial charge in [0.15, 0.2) is 11.5 Å². The van der Waals surface area contributed by atoms with Crippen LogP contribution in [0.5, 0.6) is 11.5 Å². The van der Waals surface area contributed by atoms with Crippen LogP contribution in [0.25, 0.3) is 0 Å². The van der Waals surface area contributed by atoms with E-state index in [9.17, 15) is 14.4 Å². The fourth-order valence-electron chi connectivity index (χ4n) is 5.14. The summed E-state index contributed by atoms with van der Waals surface area (Å²) >= 11 is 0. The highest BCUT2D eigenvalue weighted by atomic mass is 16.5. The molecule has 0 spiro atoms. The summed E-state index contributed by atoms with van der Waals surface area (Å²) in [6, 6.07) is 20.6. The van der Waals surface area contributed by atoms with Crippen molar-refractivity contribution in [3.63, 3.8) is 0 Å². The summed E-state index contributed by atoms with van der Waals surface area (Å²) in [5.74, 6) is 0.318. The molecule has 3 aromatic rings. The molecule has 2 aliphatic heterocycles. The Bertz CT molecular complexity index is 1340. The van der Waals surface area contributed by atoms with Gasteiger partial charge in [-0.15, -0.1) is 0 Å². The molecular weight excluding hydrogens is 470 g/mol. The predicted molar refractivity (Wildman–Crippen MR) is 139 cm³/mol. The third-order valence-corrected chi connectivity index (χ3v) is 6.86. The molecule has 8 nitrogen and oxygen atoms in total. The van der Waals surface area contributed by atoms with E-state index in [4.69, 9.17) is 9.47 Å². The van der Waals surface area contributed by atoms with Crippen LogP contribution in [0.3, 0.4) is 0 Å². The van der Waals surface area contributed by atoms with Gasteiger partial charge in [0.1, 0.15) is 6.17 Å². The number of amides is 3. The van der Waals surface area contributed by atoms with Gasteiger partial charge in [0.2, 0.25) is 5.91 Å². The molecule has 8 heteroatoms. The zero-order valence-corrected chi connectivity index (χ0v) is 20.9. The van der Waals surface area contributed by atoms with Crippen LogP contribution in [-0.2, 0) is 11.2 Å². The van der Waals surface area contributed by atoms with Gasteiger partial charge < -0.3 is 19.7 Å². The number of ether oxygens (including phenoxy) is 2. The molecule has 3 amide bonds. The largest absolute Gasteiger partial charge is 0.493 e. The van der Waals surface area contributed by atoms with E-state index in [1.807, 2.05) is 42.5 Å². The first-order valence-corrected chi connectivity index (χ1v) is 12.3. The summed E-state index contributed by atoms with van der Waals surface area (Å²) in [6.07, 6.45) is 0.882. The smallest absolute Gasteiger partial charge is 0.264 e. The van der Waals surface area contributed by atoms with Gasteiger partial charge in [0, 0.05) is 25.1 Å². The van der Waals surface area contributed by atoms with Crippen molar-refractivity contribution >= 4 is 23.4 Å². The Kier molecular flexibility index (Phi) is 6.81. The molecule has 3 aromatic carbocycles. The van der Waals surface area contributed by atoms with E-state index in [0.29, 0.717) is 53.4 Å². The van der Waals surface area contributed by atoms with Gasteiger partial charge in [-0.3, -0.25) is 19.3 Å². The summed E-state index contributed by atoms with van der Waals surface area (Å²) in [5, 5.41) is 2.96. The molecule has 5 rings (SSSR count). The van der Waals surface area contributed by atoms with E-state index in [-0.39, 0.29) is 24.1 Å². The van der Waals surface area contributed by atoms with E-state index in [0.717, 1.165) is 12.0 Å². The van der Waals surface area contributed by atoms with E-state index in [2.05, 4.69) is 5.32 Å². The van der Waals surface area contributed by atoms with Crippen LogP contribution in [0.2, 0.25) is 0 Å². The zero-order chi connectivity index (χ0) is 25.9. The summed E-state index contributed by atoms with van der Waals surface area (Å²) in [7, 11) is 3.02. The third-order valence-electron chi connectivity index (χ3n) is 6.86. The Balaban J connectivity index is 1.35. The van der Waals surface area contributed by atoms with Crippen molar-refractivity contribution in [2.24, 2.45) is 0 Å². The van der Waals surface area contributed by atoms with E-state index in [1.54, 1.807) is 34.1 Å². The van der Waals surface area contributed by atoms with Gasteiger partial charge in [-0.05, 0) is 36.6 Å². The minimum Gasteiger partial charge on any atom is -0.493 e. The van der Waals surface area contributed by atoms with Crippen LogP contribution in [-0.4, -0.2) is 49.9 Å². The second kappa shape index (κ2) is 10.3. The van der Waals surface area contributed by atoms with Crippen molar-refractivity contribution in [1.29, 1.82) is 0 Å². The molecule has 0 radical (unpaired) electrons. The number of rotatable bonds is 9. The highest BCUT2D eigenvalue weighted by molar-refractivity contribution is 6.18. The van der Waals surface area contributed by atoms with Crippen LogP contribution >= 0.6 is 0 Å². The number of para-hydroxylation sites is 1. The number of hydrogen-bond acceptors (Lipinski definition) is 5. The summed E-state index contributed by atoms with van der Waals surface area (Å²) in [4.78, 5) is 43.1. The molecule has 2 aliphatic rings. The normalized spacial score (nSPS) is 15.7. The lowest BCUT2D eigenvalue weighted by atomic mass is 10.0. The van der Waals surface area contributed by atoms with Crippen molar-refractivity contribution in [1.82, 2.24) is 10.2 Å². The lowest BCUT2D eigenvalue weighted by Crippen LogP contribution is -2.48. The van der Waals surface area contributed by atoms with Crippen LogP contribution < -0.4 is 19.7 Å². The first-order valence-electron chi connectivity index (χ1n) is 12.3. The van der Waals surface area contributed by atoms with Crippen molar-refractivity contribution in [3.8, 4) is 11.5 Å². The van der Waals surface area contributed by atoms with Crippen molar-refractivity contribution in [2.45, 2.75) is 25.4 Å². The molecular formula is C29H29N3O5. The van der Waals surface area contributed by atoms with E-state index >= 15 is 0 Å². The number of nitrogens with one attached hydrogen (secondary N) is 1. The lowest BCUT2D eigenvalue weighted by Gasteiger charge is -2.41. The van der Waals surface area contributed by atoms with Crippen LogP contribution in [0.1, 0.15) is 50.9 Å². The number of carbonyl (C=O) groups is 3. The Labute approximate surface area is 215 Å². The maximum Gasteiger partial charge on any atom is 0.264 e. The highest BCUT2D eigenvalue weighted by Crippen LogP contribution is 2.49. The molecule has 2 heterocycles. The maximum absolute atomic E-state index is 13.7. The molecule has 1 atom stereocenters. The van der Waals surface area contributed by atoms with Gasteiger partial charge in [-0.1, -0.05) is 48.5 Å². The monoisotopic (exact) mass is 499 g/mol. The van der Waals surface area contributed by atoms with Crippen LogP contribution in [0.4, 0.5) is 5.69 Å². The topological polar surface area (TPSA) is 88.2 Å². The molecule has 190 valence electrons. The first kappa shape index (κ1) is 24.4. The molecule has 0 unspecified atom stereocenters. The second-order valence-corrected chi connectivity index (χ2v) is 9.02. The molecule has 0 saturated carbocycles. The van der Waals surface area contributed by atoms with Crippen molar-refractivity contribution in [2.75, 3.05) is 32.2 Å². The third kappa shape index (κ3) is 4.39. The Morgan fingerprint density at radius 1 is 0.919 bits per heavy atom. The SMILES string of the molecule is COc1ccc2c(c1OC)C(=O)N1c3ccccc3C(=O)N(CCCC(=O)NCCc3ccccc3)[C@H]21. The Hall–Kier alpha value is -4.33. The van der Waals surface area contributed by atoms with Crippen molar-refractivity contribution in [3.05, 3.63) is 89.0 Å². The van der Waals surface area contributed by atoms with Crippen LogP contribution in [0.15, 0.2) is 66.7 Å². The van der Waals surface area contributed by atoms with Gasteiger partial charge in [-0.25, -0.2) is 0 Å². The number of fused-ring (bicyclic) bond motifs is 5. The highest BCUT2D eigenvalue weighted by Gasteiger charge is 2.49. The van der Waals surface area contributed by atoms with Gasteiger partial charge in [0.05, 0.1) is 31.0 Å². The maximum atomic E-state index is 13.7. The number of hydrogen-bond donors (Lipinski definition) is 1. The minimum absolute atomic E-state index is 0.0630. The average Bonchev–Trinajstić information content (AvgIpc) is 3.23. The Morgan fingerprint density at radius 2 is 1.68 bits per heavy atom. The fourth-order valence-corrected chi connectivity index (χ4v) is 5.14. The lowest BCUT2D eigenvalue weighted by molar-refractivity contribution is -0.121. The molecule has 0 bridgehead atoms. The number of benzene rings is 3. The average molecular weight is 500 g/mol. The predicted octanol–water partition coefficient (Wildman–Crippen LogP) is 3.96. The molecule has 0 aliphatic carbocycles. The quantitative estimate of drug-likeness (QED) is 0.482. The van der Waals surface area contributed by atoms with Gasteiger partial charge in [-0.2, -0.15) is 0 Å². The summed E-state index contributed by atoms with van der Waals surface area (Å²) in [6.45, 7) is 0.875. The van der Waals surface area contributed by atoms with E-state index in [1.165, 1.54) is 14.2 Å². The minimum atomic E-state index is -0.620. The number of carbonyl (C=O) groups excluding carboxylic acids is 3. The van der Waals surface area contributed by atoms with E-state index < -0.39 is 6.17 Å². The second-order valence-electron chi connectivity index (χ2n) is 9.02. The Morgan fingerprint density at radius 3 is 2.43 bits per heavy atom. The number of methoxy groups -OCH3 is 2. The van der Waals surface area contributed by atoms with Gasteiger partial charge in [0.25, 0.3) is 11.8 Å². The molecule has 0 saturated heterocycles. The summed E-state index contributed by atoms with van der Waals surface area (Å²) in [5.41, 5.74) is 3.25. The molecule has 0 aromatic heterocycles. The summed E-state index contributed by atoms with van der Waals surface area (Å²) < 4.78 is 11.0. The molecule has 0 fully saturated rings. The first-order chi connectivity index (χ1) is 18.0. The number of anilines is 1. The van der Waals surface area contributed by atoms with Crippen molar-refractivity contribution < 1.29 is 23.9 Å². The number of nitrogens with zero attached hydrogens (tertiary/aromatic N) is 2. The molecule has 1 N–H and O–H groups in total. The molecule has 37 heavy (non-hydrogen) atoms. The standard InChI is InChI=1S/C29H29N3O5/c1-36-23-15-14-21-25(26(23)37-2)29(35)32-22-12-7-6-11-20(22)28(34)31(27(21)32)18-8-13-24(33)30-17-16-19-9-4-3-5-10-19/h3-7,9-12,14-15,27H,8,13,16-18H2,1-2H3,(H,30,33)/t27-/m0/s1. The fraction of sp³-hybridized carbons (Fsp3) is 0.276. The van der Waals surface area contributed by atoms with Crippen LogP contribution in [0, 0.1) is 0 Å². The zero-order valence-electron chi connectivity index (χ0n) is 20.9. The van der Waals surface area contributed by atoms with Gasteiger partial charge >= 0.3 is 0 Å².